The van der Waals surface area contributed by atoms with Crippen molar-refractivity contribution in [3.05, 3.63) is 12.2 Å². The number of carbonyl (C=O) groups excluding carboxylic acids is 2. The van der Waals surface area contributed by atoms with E-state index in [4.69, 9.17) is 10.8 Å². The summed E-state index contributed by atoms with van der Waals surface area (Å²) in [7, 11) is 0. The number of aliphatic carboxylic acids is 1. The summed E-state index contributed by atoms with van der Waals surface area (Å²) in [5.74, 6) is -2.11. The Balaban J connectivity index is 4.18. The fourth-order valence-electron chi connectivity index (χ4n) is 0.842. The van der Waals surface area contributed by atoms with Crippen molar-refractivity contribution in [3.8, 4) is 0 Å². The van der Waals surface area contributed by atoms with Crippen LogP contribution in [0.2, 0.25) is 0 Å². The maximum atomic E-state index is 11.2. The Morgan fingerprint density at radius 3 is 2.38 bits per heavy atom. The normalized spacial score (nSPS) is 11.3. The van der Waals surface area contributed by atoms with Gasteiger partial charge in [-0.1, -0.05) is 12.2 Å². The minimum absolute atomic E-state index is 0.231. The molecule has 0 bridgehead atoms. The maximum Gasteiger partial charge on any atom is 0.326 e. The lowest BCUT2D eigenvalue weighted by atomic mass is 10.2. The Bertz CT molecular complexity index is 314. The van der Waals surface area contributed by atoms with Crippen molar-refractivity contribution in [2.75, 3.05) is 6.54 Å². The number of carboxylic acids is 1. The summed E-state index contributed by atoms with van der Waals surface area (Å²) in [6.45, 7) is 5.49. The molecule has 5 N–H and O–H groups in total. The zero-order chi connectivity index (χ0) is 12.7. The van der Waals surface area contributed by atoms with Gasteiger partial charge in [0.2, 0.25) is 5.91 Å². The molecule has 0 aliphatic rings. The molecule has 0 unspecified atom stereocenters. The molecule has 0 spiro atoms. The van der Waals surface area contributed by atoms with Crippen LogP contribution < -0.4 is 16.4 Å². The molecule has 0 fully saturated rings. The molecule has 7 nitrogen and oxygen atoms in total. The van der Waals surface area contributed by atoms with Crippen molar-refractivity contribution in [2.45, 2.75) is 19.4 Å². The molecule has 0 aromatic rings. The topological polar surface area (TPSA) is 122 Å². The molecule has 0 rings (SSSR count). The molecule has 0 aromatic heterocycles. The van der Waals surface area contributed by atoms with Crippen LogP contribution in [0, 0.1) is 0 Å². The van der Waals surface area contributed by atoms with E-state index in [9.17, 15) is 14.4 Å². The first-order chi connectivity index (χ1) is 7.32. The number of nitrogens with two attached hydrogens (primary N) is 1. The quantitative estimate of drug-likeness (QED) is 0.445. The van der Waals surface area contributed by atoms with Crippen LogP contribution in [0.5, 0.6) is 0 Å². The van der Waals surface area contributed by atoms with Gasteiger partial charge in [-0.15, -0.1) is 0 Å². The minimum Gasteiger partial charge on any atom is -0.480 e. The first kappa shape index (κ1) is 13.9. The van der Waals surface area contributed by atoms with Crippen molar-refractivity contribution < 1.29 is 19.5 Å². The monoisotopic (exact) mass is 229 g/mol. The van der Waals surface area contributed by atoms with Gasteiger partial charge in [-0.2, -0.15) is 0 Å². The summed E-state index contributed by atoms with van der Waals surface area (Å²) >= 11 is 0. The van der Waals surface area contributed by atoms with Crippen LogP contribution in [0.25, 0.3) is 0 Å². The molecule has 0 aliphatic carbocycles. The van der Waals surface area contributed by atoms with Crippen LogP contribution >= 0.6 is 0 Å². The number of carboxylic acid groups (broad SMARTS) is 1. The van der Waals surface area contributed by atoms with Gasteiger partial charge in [0.25, 0.3) is 0 Å². The van der Waals surface area contributed by atoms with E-state index in [-0.39, 0.29) is 6.54 Å². The second-order valence-corrected chi connectivity index (χ2v) is 3.35. The number of urea groups is 1. The zero-order valence-electron chi connectivity index (χ0n) is 8.95. The van der Waals surface area contributed by atoms with E-state index >= 15 is 0 Å². The van der Waals surface area contributed by atoms with E-state index in [1.807, 2.05) is 0 Å². The molecule has 16 heavy (non-hydrogen) atoms. The van der Waals surface area contributed by atoms with Crippen LogP contribution in [0.1, 0.15) is 13.3 Å². The average molecular weight is 229 g/mol. The van der Waals surface area contributed by atoms with Gasteiger partial charge in [0.15, 0.2) is 0 Å². The van der Waals surface area contributed by atoms with Gasteiger partial charge in [0.1, 0.15) is 6.04 Å². The smallest absolute Gasteiger partial charge is 0.326 e. The summed E-state index contributed by atoms with van der Waals surface area (Å²) < 4.78 is 0. The predicted molar refractivity (Wildman–Crippen MR) is 56.6 cm³/mol. The van der Waals surface area contributed by atoms with Gasteiger partial charge in [-0.3, -0.25) is 4.79 Å². The molecule has 0 saturated heterocycles. The average Bonchev–Trinajstić information content (AvgIpc) is 2.12. The lowest BCUT2D eigenvalue weighted by Crippen LogP contribution is -2.47. The first-order valence-corrected chi connectivity index (χ1v) is 4.52. The molecule has 0 heterocycles. The summed E-state index contributed by atoms with van der Waals surface area (Å²) in [5, 5.41) is 13.2. The van der Waals surface area contributed by atoms with E-state index in [0.717, 1.165) is 5.57 Å². The predicted octanol–water partition coefficient (Wildman–Crippen LogP) is -0.810. The van der Waals surface area contributed by atoms with Crippen molar-refractivity contribution in [1.82, 2.24) is 10.6 Å². The Labute approximate surface area is 92.7 Å². The molecule has 0 saturated carbocycles. The van der Waals surface area contributed by atoms with Crippen molar-refractivity contribution in [1.29, 1.82) is 0 Å². The number of primary amides is 1. The van der Waals surface area contributed by atoms with Gasteiger partial charge in [-0.25, -0.2) is 9.59 Å². The third-order valence-electron chi connectivity index (χ3n) is 1.56. The van der Waals surface area contributed by atoms with Crippen LogP contribution in [0.3, 0.4) is 0 Å². The van der Waals surface area contributed by atoms with Gasteiger partial charge in [-0.05, 0) is 6.92 Å². The van der Waals surface area contributed by atoms with Crippen LogP contribution in [-0.4, -0.2) is 35.6 Å². The van der Waals surface area contributed by atoms with E-state index in [2.05, 4.69) is 17.2 Å². The zero-order valence-corrected chi connectivity index (χ0v) is 8.95. The fourth-order valence-corrected chi connectivity index (χ4v) is 0.842. The number of hydrogen-bond donors (Lipinski definition) is 4. The summed E-state index contributed by atoms with van der Waals surface area (Å²) in [4.78, 5) is 32.3. The highest BCUT2D eigenvalue weighted by molar-refractivity contribution is 5.87. The molecule has 3 amide bonds. The Hall–Kier alpha value is -2.05. The molecule has 90 valence electrons. The minimum atomic E-state index is -1.32. The first-order valence-electron chi connectivity index (χ1n) is 4.52. The molecule has 0 aromatic carbocycles. The molecular weight excluding hydrogens is 214 g/mol. The maximum absolute atomic E-state index is 11.2. The van der Waals surface area contributed by atoms with E-state index in [1.165, 1.54) is 0 Å². The van der Waals surface area contributed by atoms with Crippen LogP contribution in [0.15, 0.2) is 12.2 Å². The summed E-state index contributed by atoms with van der Waals surface area (Å²) in [5.41, 5.74) is 5.56. The van der Waals surface area contributed by atoms with Gasteiger partial charge in [0, 0.05) is 6.54 Å². The molecule has 0 radical (unpaired) electrons. The highest BCUT2D eigenvalue weighted by atomic mass is 16.4. The van der Waals surface area contributed by atoms with E-state index in [0.29, 0.717) is 0 Å². The largest absolute Gasteiger partial charge is 0.480 e. The summed E-state index contributed by atoms with van der Waals surface area (Å²) in [6, 6.07) is -2.00. The van der Waals surface area contributed by atoms with Crippen molar-refractivity contribution >= 4 is 17.9 Å². The van der Waals surface area contributed by atoms with E-state index in [1.54, 1.807) is 6.92 Å². The van der Waals surface area contributed by atoms with E-state index < -0.39 is 30.4 Å². The lowest BCUT2D eigenvalue weighted by molar-refractivity contribution is -0.140. The highest BCUT2D eigenvalue weighted by Gasteiger charge is 2.21. The molecule has 7 heteroatoms. The van der Waals surface area contributed by atoms with Crippen molar-refractivity contribution in [3.63, 3.8) is 0 Å². The van der Waals surface area contributed by atoms with Gasteiger partial charge >= 0.3 is 12.0 Å². The van der Waals surface area contributed by atoms with Crippen LogP contribution in [0.4, 0.5) is 4.79 Å². The summed E-state index contributed by atoms with van der Waals surface area (Å²) in [6.07, 6.45) is -0.449. The molecular formula is C9H15N3O4. The Kier molecular flexibility index (Phi) is 5.61. The van der Waals surface area contributed by atoms with Crippen molar-refractivity contribution in [2.24, 2.45) is 5.73 Å². The second-order valence-electron chi connectivity index (χ2n) is 3.35. The number of rotatable bonds is 6. The standard InChI is InChI=1S/C9H15N3O4/c1-5(2)4-11-9(16)12-6(8(14)15)3-7(10)13/h6H,1,3-4H2,2H3,(H2,10,13)(H,14,15)(H2,11,12,16)/t6-/m0/s1. The van der Waals surface area contributed by atoms with Gasteiger partial charge in [0.05, 0.1) is 6.42 Å². The second kappa shape index (κ2) is 6.44. The third-order valence-corrected chi connectivity index (χ3v) is 1.56. The number of hydrogen-bond acceptors (Lipinski definition) is 3. The number of carbonyl (C=O) groups is 3. The Morgan fingerprint density at radius 1 is 1.44 bits per heavy atom. The molecule has 1 atom stereocenters. The Morgan fingerprint density at radius 2 is 2.00 bits per heavy atom. The SMILES string of the molecule is C=C(C)CNC(=O)N[C@@H](CC(N)=O)C(=O)O. The highest BCUT2D eigenvalue weighted by Crippen LogP contribution is 1.91. The van der Waals surface area contributed by atoms with Crippen LogP contribution in [-0.2, 0) is 9.59 Å². The number of amides is 3. The fraction of sp³-hybridized carbons (Fsp3) is 0.444. The molecule has 0 aliphatic heterocycles. The third kappa shape index (κ3) is 6.41. The van der Waals surface area contributed by atoms with Gasteiger partial charge < -0.3 is 21.5 Å². The lowest BCUT2D eigenvalue weighted by Gasteiger charge is -2.13. The number of nitrogens with one attached hydrogen (secondary N) is 2.